The van der Waals surface area contributed by atoms with E-state index < -0.39 is 5.60 Å². The third-order valence-corrected chi connectivity index (χ3v) is 5.60. The highest BCUT2D eigenvalue weighted by atomic mass is 16.3. The monoisotopic (exact) mass is 287 g/mol. The Bertz CT molecular complexity index is 472. The summed E-state index contributed by atoms with van der Waals surface area (Å²) >= 11 is 0. The summed E-state index contributed by atoms with van der Waals surface area (Å²) in [6, 6.07) is 8.78. The summed E-state index contributed by atoms with van der Waals surface area (Å²) in [5.41, 5.74) is 2.13. The first kappa shape index (κ1) is 14.9. The lowest BCUT2D eigenvalue weighted by atomic mass is 9.80. The molecule has 1 aliphatic heterocycles. The van der Waals surface area contributed by atoms with Crippen molar-refractivity contribution in [3.05, 3.63) is 29.8 Å². The lowest BCUT2D eigenvalue weighted by Crippen LogP contribution is -2.48. The number of fused-ring (bicyclic) bond motifs is 1. The Morgan fingerprint density at radius 2 is 2.05 bits per heavy atom. The van der Waals surface area contributed by atoms with E-state index in [-0.39, 0.29) is 6.04 Å². The number of aliphatic hydroxyl groups is 1. The van der Waals surface area contributed by atoms with Gasteiger partial charge in [-0.15, -0.1) is 0 Å². The maximum absolute atomic E-state index is 11.2. The van der Waals surface area contributed by atoms with Crippen LogP contribution in [0.2, 0.25) is 0 Å². The molecule has 1 fully saturated rings. The van der Waals surface area contributed by atoms with Crippen LogP contribution in [0.25, 0.3) is 0 Å². The van der Waals surface area contributed by atoms with Crippen LogP contribution in [0.1, 0.15) is 63.9 Å². The van der Waals surface area contributed by atoms with Gasteiger partial charge in [-0.25, -0.2) is 0 Å². The van der Waals surface area contributed by atoms with Crippen LogP contribution in [0.3, 0.4) is 0 Å². The second-order valence-corrected chi connectivity index (χ2v) is 7.08. The van der Waals surface area contributed by atoms with Gasteiger partial charge < -0.3 is 10.4 Å². The molecule has 3 atom stereocenters. The van der Waals surface area contributed by atoms with Gasteiger partial charge in [0.1, 0.15) is 0 Å². The lowest BCUT2D eigenvalue weighted by Gasteiger charge is -2.40. The molecule has 1 aliphatic carbocycles. The highest BCUT2D eigenvalue weighted by Crippen LogP contribution is 2.39. The van der Waals surface area contributed by atoms with Crippen LogP contribution in [0, 0.1) is 5.92 Å². The summed E-state index contributed by atoms with van der Waals surface area (Å²) in [7, 11) is 0. The van der Waals surface area contributed by atoms with Crippen LogP contribution >= 0.6 is 0 Å². The molecule has 1 aromatic rings. The van der Waals surface area contributed by atoms with Gasteiger partial charge in [-0.1, -0.05) is 50.8 Å². The molecule has 116 valence electrons. The molecule has 0 aromatic heterocycles. The molecule has 2 heteroatoms. The minimum Gasteiger partial charge on any atom is -0.388 e. The minimum absolute atomic E-state index is 0.229. The third-order valence-electron chi connectivity index (χ3n) is 5.60. The molecular formula is C19H29NO. The van der Waals surface area contributed by atoms with E-state index in [0.29, 0.717) is 0 Å². The lowest BCUT2D eigenvalue weighted by molar-refractivity contribution is 0.00181. The van der Waals surface area contributed by atoms with Crippen molar-refractivity contribution in [2.45, 2.75) is 76.4 Å². The zero-order valence-electron chi connectivity index (χ0n) is 13.3. The molecule has 0 spiro atoms. The van der Waals surface area contributed by atoms with E-state index in [1.54, 1.807) is 0 Å². The van der Waals surface area contributed by atoms with Gasteiger partial charge in [0.25, 0.3) is 0 Å². The number of para-hydroxylation sites is 1. The summed E-state index contributed by atoms with van der Waals surface area (Å²) in [5, 5.41) is 14.9. The number of hydrogen-bond donors (Lipinski definition) is 2. The van der Waals surface area contributed by atoms with Crippen molar-refractivity contribution in [1.82, 2.24) is 0 Å². The van der Waals surface area contributed by atoms with Crippen LogP contribution < -0.4 is 5.32 Å². The van der Waals surface area contributed by atoms with Gasteiger partial charge in [-0.2, -0.15) is 0 Å². The Hall–Kier alpha value is -1.02. The molecular weight excluding hydrogens is 258 g/mol. The fourth-order valence-corrected chi connectivity index (χ4v) is 4.31. The molecule has 0 amide bonds. The molecule has 3 rings (SSSR count). The van der Waals surface area contributed by atoms with Crippen molar-refractivity contribution < 1.29 is 5.11 Å². The number of benzene rings is 1. The van der Waals surface area contributed by atoms with Crippen LogP contribution in [-0.4, -0.2) is 16.7 Å². The molecule has 0 radical (unpaired) electrons. The molecule has 1 saturated carbocycles. The second kappa shape index (κ2) is 6.39. The molecule has 21 heavy (non-hydrogen) atoms. The van der Waals surface area contributed by atoms with Crippen molar-refractivity contribution >= 4 is 5.69 Å². The Balaban J connectivity index is 1.69. The van der Waals surface area contributed by atoms with Crippen LogP contribution in [0.5, 0.6) is 0 Å². The summed E-state index contributed by atoms with van der Waals surface area (Å²) in [6.45, 7) is 2.27. The average Bonchev–Trinajstić information content (AvgIpc) is 2.70. The van der Waals surface area contributed by atoms with E-state index in [1.807, 2.05) is 0 Å². The summed E-state index contributed by atoms with van der Waals surface area (Å²) in [5.74, 6) is 0.833. The highest BCUT2D eigenvalue weighted by Gasteiger charge is 2.39. The quantitative estimate of drug-likeness (QED) is 0.801. The average molecular weight is 287 g/mol. The number of aryl methyl sites for hydroxylation is 1. The predicted molar refractivity (Wildman–Crippen MR) is 88.6 cm³/mol. The van der Waals surface area contributed by atoms with Crippen LogP contribution in [-0.2, 0) is 6.42 Å². The fraction of sp³-hybridized carbons (Fsp3) is 0.684. The molecule has 1 aromatic carbocycles. The zero-order valence-corrected chi connectivity index (χ0v) is 13.3. The smallest absolute Gasteiger partial charge is 0.0848 e. The normalized spacial score (nSPS) is 32.9. The fourth-order valence-electron chi connectivity index (χ4n) is 4.31. The Labute approximate surface area is 129 Å². The molecule has 2 nitrogen and oxygen atoms in total. The molecule has 1 heterocycles. The third kappa shape index (κ3) is 3.26. The molecule has 2 aliphatic rings. The highest BCUT2D eigenvalue weighted by molar-refractivity contribution is 5.54. The van der Waals surface area contributed by atoms with Gasteiger partial charge >= 0.3 is 0 Å². The Morgan fingerprint density at radius 3 is 2.90 bits per heavy atom. The van der Waals surface area contributed by atoms with Crippen molar-refractivity contribution in [1.29, 1.82) is 0 Å². The predicted octanol–water partition coefficient (Wildman–Crippen LogP) is 4.52. The number of nitrogens with one attached hydrogen (secondary N) is 1. The number of rotatable bonds is 3. The van der Waals surface area contributed by atoms with Gasteiger partial charge in [0.05, 0.1) is 11.6 Å². The number of hydrogen-bond acceptors (Lipinski definition) is 2. The van der Waals surface area contributed by atoms with Crippen molar-refractivity contribution in [2.24, 2.45) is 5.92 Å². The van der Waals surface area contributed by atoms with E-state index in [0.717, 1.165) is 31.6 Å². The molecule has 0 bridgehead atoms. The topological polar surface area (TPSA) is 32.3 Å². The SMILES string of the molecule is CCCC1CCCC(O)(C2CCc3ccccc3N2)CC1. The Kier molecular flexibility index (Phi) is 4.54. The van der Waals surface area contributed by atoms with Crippen LogP contribution in [0.4, 0.5) is 5.69 Å². The van der Waals surface area contributed by atoms with Crippen molar-refractivity contribution in [3.8, 4) is 0 Å². The van der Waals surface area contributed by atoms with Gasteiger partial charge in [-0.3, -0.25) is 0 Å². The minimum atomic E-state index is -0.504. The molecule has 0 saturated heterocycles. The van der Waals surface area contributed by atoms with E-state index in [4.69, 9.17) is 0 Å². The van der Waals surface area contributed by atoms with E-state index in [1.165, 1.54) is 43.4 Å². The van der Waals surface area contributed by atoms with E-state index in [2.05, 4.69) is 36.5 Å². The largest absolute Gasteiger partial charge is 0.388 e. The molecule has 2 N–H and O–H groups in total. The van der Waals surface area contributed by atoms with Gasteiger partial charge in [-0.05, 0) is 49.7 Å². The second-order valence-electron chi connectivity index (χ2n) is 7.08. The maximum Gasteiger partial charge on any atom is 0.0848 e. The summed E-state index contributed by atoms with van der Waals surface area (Å²) in [4.78, 5) is 0. The van der Waals surface area contributed by atoms with E-state index in [9.17, 15) is 5.11 Å². The van der Waals surface area contributed by atoms with E-state index >= 15 is 0 Å². The summed E-state index contributed by atoms with van der Waals surface area (Å²) < 4.78 is 0. The van der Waals surface area contributed by atoms with Crippen molar-refractivity contribution in [3.63, 3.8) is 0 Å². The molecule has 3 unspecified atom stereocenters. The standard InChI is InChI=1S/C19H29NO/c1-2-6-15-7-5-13-19(21,14-12-15)18-11-10-16-8-3-4-9-17(16)20-18/h3-4,8-9,15,18,20-21H,2,5-7,10-14H2,1H3. The zero-order chi connectivity index (χ0) is 14.7. The first-order chi connectivity index (χ1) is 10.2. The first-order valence-electron chi connectivity index (χ1n) is 8.78. The van der Waals surface area contributed by atoms with Crippen molar-refractivity contribution in [2.75, 3.05) is 5.32 Å². The number of anilines is 1. The summed E-state index contributed by atoms with van der Waals surface area (Å²) in [6.07, 6.45) is 10.4. The van der Waals surface area contributed by atoms with Gasteiger partial charge in [0.2, 0.25) is 0 Å². The van der Waals surface area contributed by atoms with Gasteiger partial charge in [0.15, 0.2) is 0 Å². The first-order valence-corrected chi connectivity index (χ1v) is 8.78. The maximum atomic E-state index is 11.2. The Morgan fingerprint density at radius 1 is 1.19 bits per heavy atom. The van der Waals surface area contributed by atoms with Gasteiger partial charge in [0, 0.05) is 5.69 Å². The van der Waals surface area contributed by atoms with Crippen LogP contribution in [0.15, 0.2) is 24.3 Å².